The van der Waals surface area contributed by atoms with Crippen LogP contribution in [0.1, 0.15) is 67.9 Å². The van der Waals surface area contributed by atoms with Gasteiger partial charge in [0.05, 0.1) is 11.6 Å². The third kappa shape index (κ3) is 3.85. The van der Waals surface area contributed by atoms with Crippen molar-refractivity contribution < 1.29 is 9.90 Å². The normalized spacial score (nSPS) is 26.2. The molecule has 3 atom stereocenters. The maximum atomic E-state index is 13.5. The Balaban J connectivity index is 1.71. The molecule has 0 bridgehead atoms. The molecule has 0 radical (unpaired) electrons. The van der Waals surface area contributed by atoms with Crippen LogP contribution < -0.4 is 4.90 Å². The Labute approximate surface area is 180 Å². The van der Waals surface area contributed by atoms with E-state index in [1.165, 1.54) is 5.69 Å². The van der Waals surface area contributed by atoms with Gasteiger partial charge in [0.1, 0.15) is 0 Å². The van der Waals surface area contributed by atoms with E-state index in [1.807, 2.05) is 35.2 Å². The lowest BCUT2D eigenvalue weighted by Crippen LogP contribution is -2.56. The summed E-state index contributed by atoms with van der Waals surface area (Å²) >= 11 is 0. The van der Waals surface area contributed by atoms with Gasteiger partial charge in [0, 0.05) is 36.8 Å². The van der Waals surface area contributed by atoms with Crippen LogP contribution in [0.3, 0.4) is 0 Å². The summed E-state index contributed by atoms with van der Waals surface area (Å²) in [5, 5.41) is 11.5. The van der Waals surface area contributed by atoms with Crippen molar-refractivity contribution in [3.8, 4) is 0 Å². The number of hydrogen-bond donors (Lipinski definition) is 1. The van der Waals surface area contributed by atoms with Crippen LogP contribution >= 0.6 is 0 Å². The van der Waals surface area contributed by atoms with E-state index in [-0.39, 0.29) is 17.9 Å². The molecule has 1 amide bonds. The zero-order valence-electron chi connectivity index (χ0n) is 18.3. The summed E-state index contributed by atoms with van der Waals surface area (Å²) in [4.78, 5) is 17.8. The Kier molecular flexibility index (Phi) is 6.14. The summed E-state index contributed by atoms with van der Waals surface area (Å²) in [7, 11) is 0. The predicted molar refractivity (Wildman–Crippen MR) is 122 cm³/mol. The lowest BCUT2D eigenvalue weighted by atomic mass is 9.66. The quantitative estimate of drug-likeness (QED) is 0.756. The van der Waals surface area contributed by atoms with Crippen molar-refractivity contribution in [2.24, 2.45) is 5.92 Å². The zero-order chi connectivity index (χ0) is 21.1. The van der Waals surface area contributed by atoms with Gasteiger partial charge in [0.15, 0.2) is 0 Å². The van der Waals surface area contributed by atoms with Crippen LogP contribution in [0.4, 0.5) is 5.69 Å². The molecule has 160 valence electrons. The number of benzene rings is 2. The fourth-order valence-electron chi connectivity index (χ4n) is 5.54. The number of likely N-dealkylation sites (tertiary alicyclic amines) is 1. The van der Waals surface area contributed by atoms with Crippen LogP contribution in [0.5, 0.6) is 0 Å². The van der Waals surface area contributed by atoms with E-state index >= 15 is 0 Å². The Morgan fingerprint density at radius 3 is 2.40 bits per heavy atom. The fourth-order valence-corrected chi connectivity index (χ4v) is 5.54. The minimum atomic E-state index is -0.659. The molecule has 1 aliphatic carbocycles. The minimum Gasteiger partial charge on any atom is -0.389 e. The van der Waals surface area contributed by atoms with Gasteiger partial charge in [-0.25, -0.2) is 0 Å². The molecule has 1 heterocycles. The Morgan fingerprint density at radius 1 is 1.03 bits per heavy atom. The van der Waals surface area contributed by atoms with Crippen molar-refractivity contribution in [3.63, 3.8) is 0 Å². The molecule has 4 heteroatoms. The average Bonchev–Trinajstić information content (AvgIpc) is 2.79. The number of piperidine rings is 1. The van der Waals surface area contributed by atoms with Crippen molar-refractivity contribution in [2.75, 3.05) is 24.5 Å². The SMILES string of the molecule is CCN(CC)c1ccc([C@H]2[C@H]3CCCC[C@@]3(O)CCN2C(=O)c2ccccc2)cc1. The Bertz CT molecular complexity index is 847. The monoisotopic (exact) mass is 406 g/mol. The molecular formula is C26H34N2O2. The summed E-state index contributed by atoms with van der Waals surface area (Å²) in [6, 6.07) is 18.2. The van der Waals surface area contributed by atoms with Gasteiger partial charge >= 0.3 is 0 Å². The topological polar surface area (TPSA) is 43.8 Å². The molecule has 0 aromatic heterocycles. The zero-order valence-corrected chi connectivity index (χ0v) is 18.3. The molecule has 2 aromatic carbocycles. The second-order valence-corrected chi connectivity index (χ2v) is 8.78. The highest BCUT2D eigenvalue weighted by molar-refractivity contribution is 5.94. The predicted octanol–water partition coefficient (Wildman–Crippen LogP) is 5.04. The van der Waals surface area contributed by atoms with Gasteiger partial charge in [-0.1, -0.05) is 43.2 Å². The maximum absolute atomic E-state index is 13.5. The van der Waals surface area contributed by atoms with Crippen LogP contribution in [-0.2, 0) is 0 Å². The number of rotatable bonds is 5. The molecular weight excluding hydrogens is 372 g/mol. The Hall–Kier alpha value is -2.33. The minimum absolute atomic E-state index is 0.0704. The van der Waals surface area contributed by atoms with Crippen molar-refractivity contribution >= 4 is 11.6 Å². The average molecular weight is 407 g/mol. The van der Waals surface area contributed by atoms with E-state index in [0.717, 1.165) is 49.9 Å². The second kappa shape index (κ2) is 8.81. The molecule has 1 aliphatic heterocycles. The molecule has 4 nitrogen and oxygen atoms in total. The number of anilines is 1. The van der Waals surface area contributed by atoms with Crippen LogP contribution in [0, 0.1) is 5.92 Å². The van der Waals surface area contributed by atoms with Gasteiger partial charge in [0.2, 0.25) is 0 Å². The van der Waals surface area contributed by atoms with Gasteiger partial charge < -0.3 is 14.9 Å². The van der Waals surface area contributed by atoms with Gasteiger partial charge in [-0.05, 0) is 62.9 Å². The molecule has 30 heavy (non-hydrogen) atoms. The van der Waals surface area contributed by atoms with Crippen molar-refractivity contribution in [1.29, 1.82) is 0 Å². The van der Waals surface area contributed by atoms with E-state index in [0.29, 0.717) is 13.0 Å². The van der Waals surface area contributed by atoms with Crippen LogP contribution in [0.15, 0.2) is 54.6 Å². The van der Waals surface area contributed by atoms with E-state index < -0.39 is 5.60 Å². The summed E-state index contributed by atoms with van der Waals surface area (Å²) in [5.41, 5.74) is 2.41. The third-order valence-electron chi connectivity index (χ3n) is 7.21. The molecule has 1 saturated heterocycles. The molecule has 0 spiro atoms. The summed E-state index contributed by atoms with van der Waals surface area (Å²) in [5.74, 6) is 0.160. The number of nitrogens with zero attached hydrogens (tertiary/aromatic N) is 2. The molecule has 2 fully saturated rings. The number of carbonyl (C=O) groups excluding carboxylic acids is 1. The van der Waals surface area contributed by atoms with E-state index in [1.54, 1.807) is 0 Å². The van der Waals surface area contributed by atoms with Crippen molar-refractivity contribution in [2.45, 2.75) is 57.6 Å². The van der Waals surface area contributed by atoms with Gasteiger partial charge in [0.25, 0.3) is 5.91 Å². The number of aliphatic hydroxyl groups is 1. The highest BCUT2D eigenvalue weighted by Crippen LogP contribution is 2.49. The highest BCUT2D eigenvalue weighted by atomic mass is 16.3. The standard InChI is InChI=1S/C26H34N2O2/c1-3-27(4-2)22-15-13-20(14-16-22)24-23-12-8-9-17-26(23,30)18-19-28(24)25(29)21-10-6-5-7-11-21/h5-7,10-11,13-16,23-24,30H,3-4,8-9,12,17-19H2,1-2H3/t23-,24+,26-/m1/s1. The molecule has 4 rings (SSSR count). The van der Waals surface area contributed by atoms with E-state index in [2.05, 4.69) is 43.0 Å². The maximum Gasteiger partial charge on any atom is 0.254 e. The van der Waals surface area contributed by atoms with Crippen LogP contribution in [0.2, 0.25) is 0 Å². The first-order valence-electron chi connectivity index (χ1n) is 11.5. The van der Waals surface area contributed by atoms with Crippen LogP contribution in [-0.4, -0.2) is 41.1 Å². The summed E-state index contributed by atoms with van der Waals surface area (Å²) in [6.07, 6.45) is 4.68. The van der Waals surface area contributed by atoms with Gasteiger partial charge in [-0.15, -0.1) is 0 Å². The van der Waals surface area contributed by atoms with Crippen LogP contribution in [0.25, 0.3) is 0 Å². The first kappa shape index (κ1) is 20.9. The molecule has 1 saturated carbocycles. The second-order valence-electron chi connectivity index (χ2n) is 8.78. The number of fused-ring (bicyclic) bond motifs is 1. The summed E-state index contributed by atoms with van der Waals surface area (Å²) in [6.45, 7) is 6.88. The van der Waals surface area contributed by atoms with E-state index in [9.17, 15) is 9.90 Å². The van der Waals surface area contributed by atoms with Gasteiger partial charge in [-0.2, -0.15) is 0 Å². The number of hydrogen-bond acceptors (Lipinski definition) is 3. The lowest BCUT2D eigenvalue weighted by Gasteiger charge is -2.52. The fraction of sp³-hybridized carbons (Fsp3) is 0.500. The number of amides is 1. The smallest absolute Gasteiger partial charge is 0.254 e. The summed E-state index contributed by atoms with van der Waals surface area (Å²) < 4.78 is 0. The van der Waals surface area contributed by atoms with Crippen molar-refractivity contribution in [1.82, 2.24) is 4.90 Å². The van der Waals surface area contributed by atoms with E-state index in [4.69, 9.17) is 0 Å². The number of carbonyl (C=O) groups is 1. The largest absolute Gasteiger partial charge is 0.389 e. The van der Waals surface area contributed by atoms with Crippen molar-refractivity contribution in [3.05, 3.63) is 65.7 Å². The molecule has 0 unspecified atom stereocenters. The first-order chi connectivity index (χ1) is 14.6. The third-order valence-corrected chi connectivity index (χ3v) is 7.21. The molecule has 1 N–H and O–H groups in total. The molecule has 2 aromatic rings. The van der Waals surface area contributed by atoms with Gasteiger partial charge in [-0.3, -0.25) is 4.79 Å². The highest BCUT2D eigenvalue weighted by Gasteiger charge is 2.50. The Morgan fingerprint density at radius 2 is 1.73 bits per heavy atom. The molecule has 2 aliphatic rings. The first-order valence-corrected chi connectivity index (χ1v) is 11.5. The lowest BCUT2D eigenvalue weighted by molar-refractivity contribution is -0.115.